The maximum Gasteiger partial charge on any atom is 0.187 e. The zero-order valence-corrected chi connectivity index (χ0v) is 13.3. The fourth-order valence-corrected chi connectivity index (χ4v) is 3.02. The first-order valence-electron chi connectivity index (χ1n) is 6.48. The normalized spacial score (nSPS) is 10.9. The van der Waals surface area contributed by atoms with Gasteiger partial charge in [-0.3, -0.25) is 0 Å². The molecule has 0 spiro atoms. The minimum atomic E-state index is 0. The molecule has 0 radical (unpaired) electrons. The lowest BCUT2D eigenvalue weighted by molar-refractivity contribution is -0.00000369. The van der Waals surface area contributed by atoms with Crippen molar-refractivity contribution in [1.29, 1.82) is 0 Å². The molecule has 0 saturated heterocycles. The van der Waals surface area contributed by atoms with Gasteiger partial charge in [0.1, 0.15) is 0 Å². The first-order valence-corrected chi connectivity index (χ1v) is 7.30. The number of fused-ring (bicyclic) bond motifs is 1. The van der Waals surface area contributed by atoms with Crippen LogP contribution in [-0.2, 0) is 6.54 Å². The summed E-state index contributed by atoms with van der Waals surface area (Å²) in [5.74, 6) is 0. The zero-order chi connectivity index (χ0) is 13.0. The van der Waals surface area contributed by atoms with E-state index in [9.17, 15) is 0 Å². The Labute approximate surface area is 125 Å². The molecule has 0 aliphatic carbocycles. The van der Waals surface area contributed by atoms with Crippen molar-refractivity contribution in [1.82, 2.24) is 9.47 Å². The van der Waals surface area contributed by atoms with Gasteiger partial charge in [0.2, 0.25) is 0 Å². The Balaban J connectivity index is 0.00000180. The number of hydrogen-bond donors (Lipinski definition) is 0. The highest BCUT2D eigenvalue weighted by atomic mass is 35.5. The molecule has 0 saturated carbocycles. The van der Waals surface area contributed by atoms with Crippen molar-refractivity contribution in [2.75, 3.05) is 14.1 Å². The molecule has 4 heteroatoms. The third kappa shape index (κ3) is 3.95. The van der Waals surface area contributed by atoms with Crippen molar-refractivity contribution >= 4 is 27.6 Å². The summed E-state index contributed by atoms with van der Waals surface area (Å²) in [6.07, 6.45) is 6.79. The van der Waals surface area contributed by atoms with E-state index in [4.69, 9.17) is 0 Å². The molecular formula is C15H21ClN2S. The maximum absolute atomic E-state index is 2.43. The third-order valence-corrected chi connectivity index (χ3v) is 4.02. The number of para-hydroxylation sites is 1. The van der Waals surface area contributed by atoms with E-state index in [1.807, 2.05) is 11.3 Å². The first-order chi connectivity index (χ1) is 8.72. The van der Waals surface area contributed by atoms with Crippen LogP contribution in [0.5, 0.6) is 0 Å². The average molecular weight is 297 g/mol. The van der Waals surface area contributed by atoms with Gasteiger partial charge in [-0.2, -0.15) is 0 Å². The standard InChI is InChI=1S/C15H21N2S.ClH/c1-4-5-11-17-13-8-6-7-9-14(13)18-15(17)10-12-16(2)3;/h6-10,12H,4-5,11H2,1-3H3;1H/q+1;/p-1. The van der Waals surface area contributed by atoms with Crippen LogP contribution in [0.2, 0.25) is 0 Å². The first kappa shape index (κ1) is 16.0. The molecule has 0 amide bonds. The van der Waals surface area contributed by atoms with Crippen LogP contribution in [0, 0.1) is 0 Å². The maximum atomic E-state index is 2.43. The van der Waals surface area contributed by atoms with Gasteiger partial charge in [-0.25, -0.2) is 4.57 Å². The molecule has 1 aromatic carbocycles. The van der Waals surface area contributed by atoms with Gasteiger partial charge in [0.15, 0.2) is 15.2 Å². The minimum Gasteiger partial charge on any atom is -1.00 e. The molecule has 19 heavy (non-hydrogen) atoms. The summed E-state index contributed by atoms with van der Waals surface area (Å²) >= 11 is 1.87. The number of benzene rings is 1. The van der Waals surface area contributed by atoms with Gasteiger partial charge in [0, 0.05) is 32.8 Å². The molecule has 0 fully saturated rings. The summed E-state index contributed by atoms with van der Waals surface area (Å²) in [5, 5.41) is 1.33. The number of thiazole rings is 1. The highest BCUT2D eigenvalue weighted by Crippen LogP contribution is 2.27. The Morgan fingerprint density at radius 1 is 1.32 bits per heavy atom. The molecule has 0 unspecified atom stereocenters. The summed E-state index contributed by atoms with van der Waals surface area (Å²) in [7, 11) is 4.11. The van der Waals surface area contributed by atoms with E-state index in [1.54, 1.807) is 0 Å². The second-order valence-corrected chi connectivity index (χ2v) is 5.75. The van der Waals surface area contributed by atoms with Gasteiger partial charge in [-0.05, 0) is 29.9 Å². The molecule has 0 aliphatic heterocycles. The van der Waals surface area contributed by atoms with E-state index in [0.717, 1.165) is 6.54 Å². The highest BCUT2D eigenvalue weighted by molar-refractivity contribution is 7.19. The van der Waals surface area contributed by atoms with Crippen LogP contribution in [-0.4, -0.2) is 23.6 Å². The van der Waals surface area contributed by atoms with E-state index in [-0.39, 0.29) is 12.4 Å². The lowest BCUT2D eigenvalue weighted by atomic mass is 10.3. The van der Waals surface area contributed by atoms with Gasteiger partial charge in [-0.15, -0.1) is 0 Å². The SMILES string of the molecule is CCCCn1c2ccccc2s[c+]1C=CN(C)C.[Cl-]. The molecule has 1 aromatic heterocycles. The quantitative estimate of drug-likeness (QED) is 0.756. The second-order valence-electron chi connectivity index (χ2n) is 4.69. The van der Waals surface area contributed by atoms with E-state index in [0.29, 0.717) is 0 Å². The lowest BCUT2D eigenvalue weighted by Crippen LogP contribution is -3.00. The number of halogens is 1. The molecule has 2 aromatic rings. The Morgan fingerprint density at radius 3 is 2.74 bits per heavy atom. The number of rotatable bonds is 5. The number of unbranched alkanes of at least 4 members (excludes halogenated alkanes) is 1. The van der Waals surface area contributed by atoms with Crippen LogP contribution in [0.15, 0.2) is 30.5 Å². The van der Waals surface area contributed by atoms with Crippen LogP contribution in [0.4, 0.5) is 0 Å². The monoisotopic (exact) mass is 296 g/mol. The molecule has 104 valence electrons. The van der Waals surface area contributed by atoms with Crippen molar-refractivity contribution in [3.63, 3.8) is 0 Å². The Bertz CT molecular complexity index is 546. The molecule has 2 rings (SSSR count). The van der Waals surface area contributed by atoms with Crippen molar-refractivity contribution in [3.05, 3.63) is 35.5 Å². The van der Waals surface area contributed by atoms with Crippen molar-refractivity contribution in [2.45, 2.75) is 26.3 Å². The zero-order valence-electron chi connectivity index (χ0n) is 11.8. The number of aryl methyl sites for hydroxylation is 1. The Hall–Kier alpha value is -1.06. The van der Waals surface area contributed by atoms with E-state index in [2.05, 4.69) is 67.0 Å². The van der Waals surface area contributed by atoms with E-state index >= 15 is 0 Å². The van der Waals surface area contributed by atoms with Crippen molar-refractivity contribution in [3.8, 4) is 0 Å². The van der Waals surface area contributed by atoms with Gasteiger partial charge >= 0.3 is 0 Å². The van der Waals surface area contributed by atoms with Crippen molar-refractivity contribution in [2.24, 2.45) is 0 Å². The van der Waals surface area contributed by atoms with Crippen LogP contribution >= 0.6 is 11.3 Å². The van der Waals surface area contributed by atoms with Gasteiger partial charge in [0.05, 0.1) is 12.3 Å². The molecule has 0 bridgehead atoms. The summed E-state index contributed by atoms with van der Waals surface area (Å²) in [6.45, 7) is 3.35. The van der Waals surface area contributed by atoms with Crippen LogP contribution in [0.25, 0.3) is 16.3 Å². The fraction of sp³-hybridized carbons (Fsp3) is 0.400. The van der Waals surface area contributed by atoms with Crippen LogP contribution in [0.3, 0.4) is 0 Å². The smallest absolute Gasteiger partial charge is 0.187 e. The second kappa shape index (κ2) is 7.51. The molecule has 2 nitrogen and oxygen atoms in total. The Morgan fingerprint density at radius 2 is 2.05 bits per heavy atom. The lowest BCUT2D eigenvalue weighted by Gasteiger charge is -2.02. The summed E-state index contributed by atoms with van der Waals surface area (Å²) in [5.41, 5.74) is 1.36. The van der Waals surface area contributed by atoms with E-state index < -0.39 is 0 Å². The molecular weight excluding hydrogens is 276 g/mol. The molecule has 1 heterocycles. The average Bonchev–Trinajstić information content (AvgIpc) is 2.71. The topological polar surface area (TPSA) is 8.17 Å². The summed E-state index contributed by atoms with van der Waals surface area (Å²) in [4.78, 5) is 2.08. The van der Waals surface area contributed by atoms with Gasteiger partial charge in [0.25, 0.3) is 0 Å². The van der Waals surface area contributed by atoms with Crippen LogP contribution in [0.1, 0.15) is 24.8 Å². The molecule has 0 aliphatic rings. The number of nitrogens with zero attached hydrogens (tertiary/aromatic N) is 2. The third-order valence-electron chi connectivity index (χ3n) is 2.89. The van der Waals surface area contributed by atoms with Gasteiger partial charge < -0.3 is 17.3 Å². The Kier molecular flexibility index (Phi) is 6.32. The number of hydrogen-bond acceptors (Lipinski definition) is 2. The molecule has 0 atom stereocenters. The van der Waals surface area contributed by atoms with Crippen molar-refractivity contribution < 1.29 is 12.4 Å². The van der Waals surface area contributed by atoms with Gasteiger partial charge in [-0.1, -0.05) is 13.3 Å². The predicted octanol–water partition coefficient (Wildman–Crippen LogP) is 1.32. The predicted molar refractivity (Wildman–Crippen MR) is 81.9 cm³/mol. The summed E-state index contributed by atoms with van der Waals surface area (Å²) < 4.78 is 3.80. The minimum absolute atomic E-state index is 0. The highest BCUT2D eigenvalue weighted by Gasteiger charge is 2.14. The number of aromatic nitrogens is 1. The fourth-order valence-electron chi connectivity index (χ4n) is 1.94. The summed E-state index contributed by atoms with van der Waals surface area (Å²) in [6, 6.07) is 8.66. The van der Waals surface area contributed by atoms with E-state index in [1.165, 1.54) is 28.1 Å². The van der Waals surface area contributed by atoms with Crippen LogP contribution < -0.4 is 12.4 Å². The molecule has 0 N–H and O–H groups in total. The largest absolute Gasteiger partial charge is 1.00 e.